The first kappa shape index (κ1) is 16.3. The molecule has 20 heavy (non-hydrogen) atoms. The van der Waals surface area contributed by atoms with E-state index in [9.17, 15) is 18.5 Å². The Kier molecular flexibility index (Phi) is 5.43. The zero-order chi connectivity index (χ0) is 15.3. The molecule has 0 saturated heterocycles. The topological polar surface area (TPSA) is 127 Å². The van der Waals surface area contributed by atoms with Crippen LogP contribution in [0.15, 0.2) is 23.1 Å². The fraction of sp³-hybridized carbons (Fsp3) is 0.455. The first-order valence-corrected chi connectivity index (χ1v) is 7.52. The number of nitrogens with two attached hydrogens (primary N) is 1. The van der Waals surface area contributed by atoms with E-state index in [0.29, 0.717) is 13.0 Å². The fourth-order valence-corrected chi connectivity index (χ4v) is 2.37. The Hall–Kier alpha value is -1.71. The number of sulfonamides is 1. The Balaban J connectivity index is 3.25. The lowest BCUT2D eigenvalue weighted by atomic mass is 10.2. The van der Waals surface area contributed by atoms with Crippen molar-refractivity contribution in [3.63, 3.8) is 0 Å². The molecule has 4 N–H and O–H groups in total. The van der Waals surface area contributed by atoms with Gasteiger partial charge in [0, 0.05) is 18.7 Å². The van der Waals surface area contributed by atoms with Gasteiger partial charge in [0.05, 0.1) is 9.82 Å². The van der Waals surface area contributed by atoms with Crippen LogP contribution in [0, 0.1) is 10.1 Å². The summed E-state index contributed by atoms with van der Waals surface area (Å²) in [5, 5.41) is 14.0. The highest BCUT2D eigenvalue weighted by Crippen LogP contribution is 2.28. The molecule has 0 radical (unpaired) electrons. The summed E-state index contributed by atoms with van der Waals surface area (Å²) in [4.78, 5) is 10.3. The first-order chi connectivity index (χ1) is 9.35. The van der Waals surface area contributed by atoms with E-state index in [1.165, 1.54) is 19.2 Å². The van der Waals surface area contributed by atoms with Crippen molar-refractivity contribution in [1.82, 2.24) is 4.72 Å². The van der Waals surface area contributed by atoms with Gasteiger partial charge in [0.25, 0.3) is 5.69 Å². The second-order valence-corrected chi connectivity index (χ2v) is 6.02. The fourth-order valence-electron chi connectivity index (χ4n) is 1.62. The van der Waals surface area contributed by atoms with Crippen molar-refractivity contribution in [3.8, 4) is 0 Å². The lowest BCUT2D eigenvalue weighted by molar-refractivity contribution is -0.384. The van der Waals surface area contributed by atoms with Crippen LogP contribution in [0.4, 0.5) is 11.4 Å². The molecule has 0 amide bonds. The van der Waals surface area contributed by atoms with E-state index in [0.717, 1.165) is 6.07 Å². The molecule has 9 heteroatoms. The standard InChI is InChI=1S/C11H18N4O4S/c1-3-8(7-12)14-10-5-4-9(20(18,19)13-2)6-11(10)15(16)17/h4-6,8,13-14H,3,7,12H2,1-2H3. The summed E-state index contributed by atoms with van der Waals surface area (Å²) in [6.45, 7) is 2.22. The van der Waals surface area contributed by atoms with E-state index < -0.39 is 14.9 Å². The summed E-state index contributed by atoms with van der Waals surface area (Å²) < 4.78 is 25.4. The van der Waals surface area contributed by atoms with Crippen LogP contribution in [-0.2, 0) is 10.0 Å². The van der Waals surface area contributed by atoms with Crippen LogP contribution in [-0.4, -0.2) is 33.0 Å². The molecule has 0 heterocycles. The third kappa shape index (κ3) is 3.65. The molecule has 1 atom stereocenters. The molecule has 0 aromatic heterocycles. The minimum absolute atomic E-state index is 0.111. The number of nitrogens with one attached hydrogen (secondary N) is 2. The van der Waals surface area contributed by atoms with Gasteiger partial charge in [-0.25, -0.2) is 13.1 Å². The van der Waals surface area contributed by atoms with Gasteiger partial charge in [0.2, 0.25) is 10.0 Å². The molecule has 1 aromatic rings. The Morgan fingerprint density at radius 2 is 2.10 bits per heavy atom. The highest BCUT2D eigenvalue weighted by atomic mass is 32.2. The Morgan fingerprint density at radius 3 is 2.55 bits per heavy atom. The molecule has 0 spiro atoms. The number of nitro groups is 1. The van der Waals surface area contributed by atoms with Crippen LogP contribution < -0.4 is 15.8 Å². The molecule has 0 aliphatic heterocycles. The van der Waals surface area contributed by atoms with Crippen LogP contribution >= 0.6 is 0 Å². The molecule has 0 fully saturated rings. The molecular weight excluding hydrogens is 284 g/mol. The number of benzene rings is 1. The zero-order valence-electron chi connectivity index (χ0n) is 11.3. The Bertz CT molecular complexity index is 584. The van der Waals surface area contributed by atoms with Crippen molar-refractivity contribution in [1.29, 1.82) is 0 Å². The Morgan fingerprint density at radius 1 is 1.45 bits per heavy atom. The monoisotopic (exact) mass is 302 g/mol. The summed E-state index contributed by atoms with van der Waals surface area (Å²) in [6, 6.07) is 3.60. The number of hydrogen-bond donors (Lipinski definition) is 3. The van der Waals surface area contributed by atoms with Crippen molar-refractivity contribution < 1.29 is 13.3 Å². The van der Waals surface area contributed by atoms with E-state index in [2.05, 4.69) is 10.0 Å². The molecule has 0 saturated carbocycles. The predicted molar refractivity (Wildman–Crippen MR) is 76.1 cm³/mol. The summed E-state index contributed by atoms with van der Waals surface area (Å²) in [5.41, 5.74) is 5.49. The van der Waals surface area contributed by atoms with Crippen molar-refractivity contribution in [2.45, 2.75) is 24.3 Å². The lowest BCUT2D eigenvalue weighted by Crippen LogP contribution is -2.28. The minimum atomic E-state index is -3.72. The van der Waals surface area contributed by atoms with Gasteiger partial charge in [-0.15, -0.1) is 0 Å². The minimum Gasteiger partial charge on any atom is -0.375 e. The SMILES string of the molecule is CCC(CN)Nc1ccc(S(=O)(=O)NC)cc1[N+](=O)[O-]. The van der Waals surface area contributed by atoms with Crippen LogP contribution in [0.5, 0.6) is 0 Å². The van der Waals surface area contributed by atoms with Crippen LogP contribution in [0.2, 0.25) is 0 Å². The maximum absolute atomic E-state index is 11.6. The number of rotatable bonds is 7. The summed E-state index contributed by atoms with van der Waals surface area (Å²) in [7, 11) is -2.47. The van der Waals surface area contributed by atoms with Gasteiger partial charge in [0.1, 0.15) is 5.69 Å². The van der Waals surface area contributed by atoms with Gasteiger partial charge < -0.3 is 11.1 Å². The molecule has 0 aliphatic rings. The normalized spacial score (nSPS) is 12.9. The van der Waals surface area contributed by atoms with Gasteiger partial charge >= 0.3 is 0 Å². The second kappa shape index (κ2) is 6.64. The summed E-state index contributed by atoms with van der Waals surface area (Å²) >= 11 is 0. The number of nitro benzene ring substituents is 1. The van der Waals surface area contributed by atoms with E-state index >= 15 is 0 Å². The summed E-state index contributed by atoms with van der Waals surface area (Å²) in [5.74, 6) is 0. The van der Waals surface area contributed by atoms with Crippen molar-refractivity contribution >= 4 is 21.4 Å². The van der Waals surface area contributed by atoms with Gasteiger partial charge in [-0.2, -0.15) is 0 Å². The molecule has 1 unspecified atom stereocenters. The summed E-state index contributed by atoms with van der Waals surface area (Å²) in [6.07, 6.45) is 0.699. The number of anilines is 1. The average molecular weight is 302 g/mol. The van der Waals surface area contributed by atoms with Gasteiger partial charge in [0.15, 0.2) is 0 Å². The van der Waals surface area contributed by atoms with E-state index in [4.69, 9.17) is 5.73 Å². The highest BCUT2D eigenvalue weighted by Gasteiger charge is 2.21. The molecular formula is C11H18N4O4S. The van der Waals surface area contributed by atoms with E-state index in [1.807, 2.05) is 6.92 Å². The third-order valence-electron chi connectivity index (χ3n) is 2.88. The maximum atomic E-state index is 11.6. The number of hydrogen-bond acceptors (Lipinski definition) is 6. The molecule has 1 rings (SSSR count). The molecule has 0 bridgehead atoms. The van der Waals surface area contributed by atoms with E-state index in [1.54, 1.807) is 0 Å². The van der Waals surface area contributed by atoms with Crippen LogP contribution in [0.1, 0.15) is 13.3 Å². The molecule has 112 valence electrons. The predicted octanol–water partition coefficient (Wildman–Crippen LogP) is 0.652. The van der Waals surface area contributed by atoms with Crippen molar-refractivity contribution in [3.05, 3.63) is 28.3 Å². The highest BCUT2D eigenvalue weighted by molar-refractivity contribution is 7.89. The second-order valence-electron chi connectivity index (χ2n) is 4.13. The van der Waals surface area contributed by atoms with Gasteiger partial charge in [-0.1, -0.05) is 6.92 Å². The largest absolute Gasteiger partial charge is 0.375 e. The van der Waals surface area contributed by atoms with Crippen molar-refractivity contribution in [2.75, 3.05) is 18.9 Å². The van der Waals surface area contributed by atoms with Gasteiger partial charge in [-0.3, -0.25) is 10.1 Å². The third-order valence-corrected chi connectivity index (χ3v) is 4.29. The maximum Gasteiger partial charge on any atom is 0.293 e. The molecule has 1 aromatic carbocycles. The quantitative estimate of drug-likeness (QED) is 0.501. The number of nitrogens with zero attached hydrogens (tertiary/aromatic N) is 1. The van der Waals surface area contributed by atoms with Crippen molar-refractivity contribution in [2.24, 2.45) is 5.73 Å². The van der Waals surface area contributed by atoms with Crippen LogP contribution in [0.3, 0.4) is 0 Å². The van der Waals surface area contributed by atoms with Gasteiger partial charge in [-0.05, 0) is 25.6 Å². The zero-order valence-corrected chi connectivity index (χ0v) is 12.1. The molecule has 0 aliphatic carbocycles. The molecule has 8 nitrogen and oxygen atoms in total. The average Bonchev–Trinajstić information content (AvgIpc) is 2.44. The smallest absolute Gasteiger partial charge is 0.293 e. The first-order valence-electron chi connectivity index (χ1n) is 6.04. The Labute approximate surface area is 117 Å². The lowest BCUT2D eigenvalue weighted by Gasteiger charge is -2.16. The van der Waals surface area contributed by atoms with Crippen LogP contribution in [0.25, 0.3) is 0 Å². The van der Waals surface area contributed by atoms with E-state index in [-0.39, 0.29) is 22.3 Å².